The number of alkyl halides is 1. The largest absolute Gasteiger partial charge is 0.354 e. The summed E-state index contributed by atoms with van der Waals surface area (Å²) in [5, 5.41) is 6.55. The Bertz CT molecular complexity index is 612. The lowest BCUT2D eigenvalue weighted by atomic mass is 9.93. The number of carbonyl (C=O) groups is 2. The molecule has 0 spiro atoms. The van der Waals surface area contributed by atoms with Gasteiger partial charge in [0.15, 0.2) is 0 Å². The monoisotopic (exact) mass is 376 g/mol. The molecule has 4 nitrogen and oxygen atoms in total. The molecule has 122 valence electrons. The van der Waals surface area contributed by atoms with Gasteiger partial charge in [-0.1, -0.05) is 40.2 Å². The highest BCUT2D eigenvalue weighted by molar-refractivity contribution is 9.08. The van der Waals surface area contributed by atoms with E-state index in [9.17, 15) is 9.59 Å². The molecule has 3 atom stereocenters. The van der Waals surface area contributed by atoms with Gasteiger partial charge < -0.3 is 10.6 Å². The number of hydrogen-bond acceptors (Lipinski definition) is 2. The van der Waals surface area contributed by atoms with Gasteiger partial charge in [0.1, 0.15) is 0 Å². The third-order valence-corrected chi connectivity index (χ3v) is 5.34. The Labute approximate surface area is 144 Å². The van der Waals surface area contributed by atoms with Crippen LogP contribution in [0.1, 0.15) is 28.8 Å². The first-order valence-electron chi connectivity index (χ1n) is 8.06. The highest BCUT2D eigenvalue weighted by Crippen LogP contribution is 2.43. The molecule has 2 amide bonds. The quantitative estimate of drug-likeness (QED) is 0.455. The zero-order valence-electron chi connectivity index (χ0n) is 12.9. The molecule has 1 saturated carbocycles. The number of nitrogens with one attached hydrogen (secondary N) is 2. The maximum atomic E-state index is 12.2. The van der Waals surface area contributed by atoms with Crippen molar-refractivity contribution in [1.29, 1.82) is 0 Å². The van der Waals surface area contributed by atoms with E-state index >= 15 is 0 Å². The summed E-state index contributed by atoms with van der Waals surface area (Å²) in [5.41, 5.74) is 1.77. The van der Waals surface area contributed by atoms with Crippen LogP contribution in [0.3, 0.4) is 0 Å². The molecule has 5 heteroatoms. The molecule has 2 aliphatic carbocycles. The average molecular weight is 377 g/mol. The lowest BCUT2D eigenvalue weighted by Crippen LogP contribution is -2.38. The first kappa shape index (κ1) is 16.2. The van der Waals surface area contributed by atoms with E-state index in [1.54, 1.807) is 0 Å². The van der Waals surface area contributed by atoms with E-state index in [2.05, 4.69) is 38.7 Å². The van der Waals surface area contributed by atoms with Crippen molar-refractivity contribution in [3.8, 4) is 0 Å². The summed E-state index contributed by atoms with van der Waals surface area (Å²) in [7, 11) is 0. The zero-order chi connectivity index (χ0) is 16.2. The topological polar surface area (TPSA) is 58.2 Å². The van der Waals surface area contributed by atoms with Crippen molar-refractivity contribution < 1.29 is 9.59 Å². The highest BCUT2D eigenvalue weighted by Gasteiger charge is 2.39. The van der Waals surface area contributed by atoms with Crippen LogP contribution in [0, 0.1) is 17.8 Å². The van der Waals surface area contributed by atoms with E-state index in [1.165, 1.54) is 0 Å². The minimum absolute atomic E-state index is 0.108. The second-order valence-corrected chi connectivity index (χ2v) is 6.82. The number of fused-ring (bicyclic) bond motifs is 2. The van der Waals surface area contributed by atoms with Crippen LogP contribution in [0.4, 0.5) is 0 Å². The minimum atomic E-state index is -0.108. The molecule has 1 aromatic rings. The van der Waals surface area contributed by atoms with Gasteiger partial charge in [0, 0.05) is 29.9 Å². The Hall–Kier alpha value is -1.62. The molecule has 0 saturated heterocycles. The van der Waals surface area contributed by atoms with E-state index in [-0.39, 0.29) is 17.7 Å². The van der Waals surface area contributed by atoms with E-state index in [1.807, 2.05) is 24.3 Å². The van der Waals surface area contributed by atoms with E-state index in [4.69, 9.17) is 0 Å². The molecule has 0 aromatic heterocycles. The summed E-state index contributed by atoms with van der Waals surface area (Å²) in [6.45, 7) is 0.920. The van der Waals surface area contributed by atoms with Crippen LogP contribution < -0.4 is 10.6 Å². The Morgan fingerprint density at radius 3 is 2.39 bits per heavy atom. The van der Waals surface area contributed by atoms with Gasteiger partial charge in [-0.15, -0.1) is 0 Å². The Kier molecular flexibility index (Phi) is 5.16. The fraction of sp³-hybridized carbons (Fsp3) is 0.444. The van der Waals surface area contributed by atoms with Crippen LogP contribution in [-0.4, -0.2) is 24.9 Å². The minimum Gasteiger partial charge on any atom is -0.354 e. The fourth-order valence-corrected chi connectivity index (χ4v) is 3.80. The standard InChI is InChI=1S/C18H21BrN2O2/c19-11-12-1-4-14(5-2-12)17(22)20-7-8-21-18(23)16-10-13-3-6-15(16)9-13/h1-6,13,15-16H,7-11H2,(H,20,22)(H,21,23). The van der Waals surface area contributed by atoms with Gasteiger partial charge in [-0.25, -0.2) is 0 Å². The molecular weight excluding hydrogens is 356 g/mol. The number of benzene rings is 1. The first-order chi connectivity index (χ1) is 11.2. The SMILES string of the molecule is O=C(NCCNC(=O)C1CC2C=CC1C2)c1ccc(CBr)cc1. The molecule has 0 radical (unpaired) electrons. The van der Waals surface area contributed by atoms with Crippen molar-refractivity contribution in [2.75, 3.05) is 13.1 Å². The maximum Gasteiger partial charge on any atom is 0.251 e. The molecule has 3 rings (SSSR count). The third kappa shape index (κ3) is 3.83. The smallest absolute Gasteiger partial charge is 0.251 e. The molecule has 2 N–H and O–H groups in total. The fourth-order valence-electron chi connectivity index (χ4n) is 3.42. The van der Waals surface area contributed by atoms with Gasteiger partial charge in [0.05, 0.1) is 0 Å². The van der Waals surface area contributed by atoms with Crippen molar-refractivity contribution in [1.82, 2.24) is 10.6 Å². The molecule has 0 aliphatic heterocycles. The number of rotatable bonds is 6. The lowest BCUT2D eigenvalue weighted by Gasteiger charge is -2.17. The highest BCUT2D eigenvalue weighted by atomic mass is 79.9. The van der Waals surface area contributed by atoms with Crippen molar-refractivity contribution >= 4 is 27.7 Å². The summed E-state index contributed by atoms with van der Waals surface area (Å²) in [6.07, 6.45) is 6.50. The molecule has 1 aromatic carbocycles. The van der Waals surface area contributed by atoms with Crippen LogP contribution in [0.15, 0.2) is 36.4 Å². The summed E-state index contributed by atoms with van der Waals surface area (Å²) < 4.78 is 0. The summed E-state index contributed by atoms with van der Waals surface area (Å²) in [4.78, 5) is 24.2. The normalized spacial score (nSPS) is 24.7. The Morgan fingerprint density at radius 1 is 1.04 bits per heavy atom. The molecule has 1 fully saturated rings. The van der Waals surface area contributed by atoms with Crippen LogP contribution in [0.2, 0.25) is 0 Å². The second-order valence-electron chi connectivity index (χ2n) is 6.26. The van der Waals surface area contributed by atoms with Gasteiger partial charge in [-0.3, -0.25) is 9.59 Å². The van der Waals surface area contributed by atoms with E-state index in [0.29, 0.717) is 30.5 Å². The summed E-state index contributed by atoms with van der Waals surface area (Å²) in [5.74, 6) is 1.15. The van der Waals surface area contributed by atoms with Gasteiger partial charge in [-0.05, 0) is 42.4 Å². The van der Waals surface area contributed by atoms with Gasteiger partial charge in [0.2, 0.25) is 5.91 Å². The van der Waals surface area contributed by atoms with Crippen molar-refractivity contribution in [2.45, 2.75) is 18.2 Å². The van der Waals surface area contributed by atoms with Crippen molar-refractivity contribution in [3.05, 3.63) is 47.5 Å². The van der Waals surface area contributed by atoms with Crippen LogP contribution in [-0.2, 0) is 10.1 Å². The van der Waals surface area contributed by atoms with E-state index < -0.39 is 0 Å². The van der Waals surface area contributed by atoms with Gasteiger partial charge >= 0.3 is 0 Å². The number of halogens is 1. The average Bonchev–Trinajstić information content (AvgIpc) is 3.21. The number of carbonyl (C=O) groups excluding carboxylic acids is 2. The molecule has 3 unspecified atom stereocenters. The molecule has 2 aliphatic rings. The lowest BCUT2D eigenvalue weighted by molar-refractivity contribution is -0.125. The summed E-state index contributed by atoms with van der Waals surface area (Å²) >= 11 is 3.38. The number of hydrogen-bond donors (Lipinski definition) is 2. The third-order valence-electron chi connectivity index (χ3n) is 4.70. The molecule has 23 heavy (non-hydrogen) atoms. The van der Waals surface area contributed by atoms with Gasteiger partial charge in [-0.2, -0.15) is 0 Å². The Balaban J connectivity index is 1.38. The van der Waals surface area contributed by atoms with Crippen LogP contribution in [0.25, 0.3) is 0 Å². The van der Waals surface area contributed by atoms with Crippen molar-refractivity contribution in [3.63, 3.8) is 0 Å². The molecular formula is C18H21BrN2O2. The van der Waals surface area contributed by atoms with Gasteiger partial charge in [0.25, 0.3) is 5.91 Å². The van der Waals surface area contributed by atoms with Crippen LogP contribution >= 0.6 is 15.9 Å². The molecule has 2 bridgehead atoms. The predicted molar refractivity (Wildman–Crippen MR) is 93.3 cm³/mol. The summed E-state index contributed by atoms with van der Waals surface area (Å²) in [6, 6.07) is 7.47. The van der Waals surface area contributed by atoms with Crippen molar-refractivity contribution in [2.24, 2.45) is 17.8 Å². The predicted octanol–water partition coefficient (Wildman–Crippen LogP) is 2.64. The number of allylic oxidation sites excluding steroid dienone is 2. The second kappa shape index (κ2) is 7.30. The van der Waals surface area contributed by atoms with E-state index in [0.717, 1.165) is 23.7 Å². The Morgan fingerprint density at radius 2 is 1.78 bits per heavy atom. The first-order valence-corrected chi connectivity index (χ1v) is 9.18. The van der Waals surface area contributed by atoms with Crippen LogP contribution in [0.5, 0.6) is 0 Å². The zero-order valence-corrected chi connectivity index (χ0v) is 14.5. The molecule has 0 heterocycles. The maximum absolute atomic E-state index is 12.2. The number of amides is 2.